The number of carbonyl (C=O) groups excluding carboxylic acids is 1. The van der Waals surface area contributed by atoms with Crippen molar-refractivity contribution in [3.8, 4) is 22.5 Å². The fraction of sp³-hybridized carbons (Fsp3) is 0.222. The van der Waals surface area contributed by atoms with E-state index in [1.54, 1.807) is 13.8 Å². The molecule has 1 amide bonds. The summed E-state index contributed by atoms with van der Waals surface area (Å²) in [4.78, 5) is 19.2. The van der Waals surface area contributed by atoms with Crippen molar-refractivity contribution < 1.29 is 18.1 Å². The molecule has 0 aliphatic rings. The highest BCUT2D eigenvalue weighted by atomic mass is 35.5. The average Bonchev–Trinajstić information content (AvgIpc) is 2.99. The SMILES string of the molecule is Cc1nc(-c2c(F)cc(Cl)cc2-c2cnc([C@H](C)CC(N)=O)c(F)c2)no1. The number of primary amides is 1. The molecule has 0 saturated carbocycles. The average molecular weight is 393 g/mol. The molecule has 0 spiro atoms. The van der Waals surface area contributed by atoms with Crippen molar-refractivity contribution >= 4 is 17.5 Å². The van der Waals surface area contributed by atoms with Gasteiger partial charge in [-0.15, -0.1) is 0 Å². The van der Waals surface area contributed by atoms with Crippen LogP contribution in [0.25, 0.3) is 22.5 Å². The molecule has 0 bridgehead atoms. The second kappa shape index (κ2) is 7.40. The predicted octanol–water partition coefficient (Wildman–Crippen LogP) is 4.02. The van der Waals surface area contributed by atoms with E-state index in [9.17, 15) is 13.6 Å². The number of halogens is 3. The molecular weight excluding hydrogens is 378 g/mol. The topological polar surface area (TPSA) is 94.9 Å². The Hall–Kier alpha value is -2.87. The van der Waals surface area contributed by atoms with E-state index in [4.69, 9.17) is 21.9 Å². The maximum atomic E-state index is 14.6. The van der Waals surface area contributed by atoms with Gasteiger partial charge in [0.05, 0.1) is 11.3 Å². The van der Waals surface area contributed by atoms with Crippen molar-refractivity contribution in [2.75, 3.05) is 0 Å². The molecular formula is C18H15ClF2N4O2. The van der Waals surface area contributed by atoms with Crippen LogP contribution in [-0.2, 0) is 4.79 Å². The number of benzene rings is 1. The van der Waals surface area contributed by atoms with Crippen molar-refractivity contribution in [3.63, 3.8) is 0 Å². The van der Waals surface area contributed by atoms with E-state index in [2.05, 4.69) is 15.1 Å². The number of aryl methyl sites for hydroxylation is 1. The smallest absolute Gasteiger partial charge is 0.223 e. The Bertz CT molecular complexity index is 1020. The van der Waals surface area contributed by atoms with Gasteiger partial charge >= 0.3 is 0 Å². The summed E-state index contributed by atoms with van der Waals surface area (Å²) in [5.74, 6) is -2.10. The Morgan fingerprint density at radius 3 is 2.63 bits per heavy atom. The van der Waals surface area contributed by atoms with Crippen molar-refractivity contribution in [2.24, 2.45) is 5.73 Å². The first-order chi connectivity index (χ1) is 12.8. The predicted molar refractivity (Wildman–Crippen MR) is 94.9 cm³/mol. The van der Waals surface area contributed by atoms with Gasteiger partial charge in [-0.2, -0.15) is 4.98 Å². The van der Waals surface area contributed by atoms with Crippen LogP contribution in [0.1, 0.15) is 30.8 Å². The maximum Gasteiger partial charge on any atom is 0.223 e. The van der Waals surface area contributed by atoms with Crippen LogP contribution in [0.4, 0.5) is 8.78 Å². The number of nitrogens with zero attached hydrogens (tertiary/aromatic N) is 3. The van der Waals surface area contributed by atoms with Gasteiger partial charge in [0.1, 0.15) is 11.6 Å². The largest absolute Gasteiger partial charge is 0.370 e. The normalized spacial score (nSPS) is 12.2. The van der Waals surface area contributed by atoms with Gasteiger partial charge in [0.15, 0.2) is 0 Å². The number of rotatable bonds is 5. The molecule has 2 aromatic heterocycles. The van der Waals surface area contributed by atoms with E-state index in [-0.39, 0.29) is 45.5 Å². The summed E-state index contributed by atoms with van der Waals surface area (Å²) in [6.45, 7) is 3.21. The van der Waals surface area contributed by atoms with E-state index in [1.807, 2.05) is 0 Å². The maximum absolute atomic E-state index is 14.6. The fourth-order valence-electron chi connectivity index (χ4n) is 2.79. The molecule has 2 heterocycles. The number of pyridine rings is 1. The van der Waals surface area contributed by atoms with E-state index in [1.165, 1.54) is 18.3 Å². The fourth-order valence-corrected chi connectivity index (χ4v) is 2.99. The molecule has 0 saturated heterocycles. The molecule has 0 fully saturated rings. The number of amides is 1. The van der Waals surface area contributed by atoms with E-state index in [0.717, 1.165) is 6.07 Å². The molecule has 3 aromatic rings. The van der Waals surface area contributed by atoms with Crippen LogP contribution in [0, 0.1) is 18.6 Å². The van der Waals surface area contributed by atoms with Crippen LogP contribution in [0.15, 0.2) is 28.9 Å². The number of hydrogen-bond donors (Lipinski definition) is 1. The Kier molecular flexibility index (Phi) is 5.18. The zero-order valence-electron chi connectivity index (χ0n) is 14.5. The van der Waals surface area contributed by atoms with E-state index < -0.39 is 23.5 Å². The summed E-state index contributed by atoms with van der Waals surface area (Å²) in [6.07, 6.45) is 1.33. The molecule has 0 aliphatic carbocycles. The number of carbonyl (C=O) groups is 1. The summed E-state index contributed by atoms with van der Waals surface area (Å²) >= 11 is 5.97. The van der Waals surface area contributed by atoms with Gasteiger partial charge in [-0.25, -0.2) is 8.78 Å². The van der Waals surface area contributed by atoms with Crippen LogP contribution < -0.4 is 5.73 Å². The third kappa shape index (κ3) is 3.95. The second-order valence-electron chi connectivity index (χ2n) is 6.11. The van der Waals surface area contributed by atoms with Gasteiger partial charge < -0.3 is 10.3 Å². The van der Waals surface area contributed by atoms with Gasteiger partial charge in [-0.3, -0.25) is 9.78 Å². The molecule has 0 aliphatic heterocycles. The number of aromatic nitrogens is 3. The van der Waals surface area contributed by atoms with Gasteiger partial charge in [0, 0.05) is 36.0 Å². The molecule has 0 unspecified atom stereocenters. The van der Waals surface area contributed by atoms with Crippen molar-refractivity contribution in [2.45, 2.75) is 26.2 Å². The van der Waals surface area contributed by atoms with Crippen LogP contribution in [0.5, 0.6) is 0 Å². The third-order valence-corrected chi connectivity index (χ3v) is 4.18. The highest BCUT2D eigenvalue weighted by Crippen LogP contribution is 2.36. The van der Waals surface area contributed by atoms with Crippen molar-refractivity contribution in [1.29, 1.82) is 0 Å². The summed E-state index contributed by atoms with van der Waals surface area (Å²) in [7, 11) is 0. The molecule has 1 aromatic carbocycles. The van der Waals surface area contributed by atoms with Crippen molar-refractivity contribution in [3.05, 3.63) is 52.6 Å². The van der Waals surface area contributed by atoms with Crippen LogP contribution in [0.2, 0.25) is 5.02 Å². The summed E-state index contributed by atoms with van der Waals surface area (Å²) < 4.78 is 34.1. The first-order valence-corrected chi connectivity index (χ1v) is 8.38. The Morgan fingerprint density at radius 1 is 1.30 bits per heavy atom. The Morgan fingerprint density at radius 2 is 2.04 bits per heavy atom. The van der Waals surface area contributed by atoms with Crippen LogP contribution in [-0.4, -0.2) is 21.0 Å². The second-order valence-corrected chi connectivity index (χ2v) is 6.55. The van der Waals surface area contributed by atoms with E-state index in [0.29, 0.717) is 0 Å². The summed E-state index contributed by atoms with van der Waals surface area (Å²) in [6, 6.07) is 3.77. The monoisotopic (exact) mass is 392 g/mol. The Labute approximate surface area is 158 Å². The minimum Gasteiger partial charge on any atom is -0.370 e. The van der Waals surface area contributed by atoms with E-state index >= 15 is 0 Å². The number of hydrogen-bond acceptors (Lipinski definition) is 5. The molecule has 140 valence electrons. The minimum atomic E-state index is -0.676. The summed E-state index contributed by atoms with van der Waals surface area (Å²) in [5.41, 5.74) is 5.82. The van der Waals surface area contributed by atoms with Gasteiger partial charge in [-0.05, 0) is 23.8 Å². The molecule has 9 heteroatoms. The lowest BCUT2D eigenvalue weighted by molar-refractivity contribution is -0.118. The Balaban J connectivity index is 2.11. The molecule has 6 nitrogen and oxygen atoms in total. The van der Waals surface area contributed by atoms with Crippen LogP contribution >= 0.6 is 11.6 Å². The van der Waals surface area contributed by atoms with Crippen LogP contribution in [0.3, 0.4) is 0 Å². The molecule has 0 radical (unpaired) electrons. The first kappa shape index (κ1) is 18.9. The van der Waals surface area contributed by atoms with Gasteiger partial charge in [0.25, 0.3) is 0 Å². The molecule has 1 atom stereocenters. The summed E-state index contributed by atoms with van der Waals surface area (Å²) in [5, 5.41) is 3.85. The standard InChI is InChI=1S/C18H15ClF2N4O2/c1-8(3-15(22)26)17-14(21)4-10(7-23-17)12-5-11(19)6-13(20)16(12)18-24-9(2)27-25-18/h4-8H,3H2,1-2H3,(H2,22,26)/t8-/m1/s1. The lowest BCUT2D eigenvalue weighted by atomic mass is 9.97. The highest BCUT2D eigenvalue weighted by Gasteiger charge is 2.21. The minimum absolute atomic E-state index is 0.0169. The zero-order valence-corrected chi connectivity index (χ0v) is 15.2. The molecule has 2 N–H and O–H groups in total. The highest BCUT2D eigenvalue weighted by molar-refractivity contribution is 6.31. The van der Waals surface area contributed by atoms with Crippen molar-refractivity contribution in [1.82, 2.24) is 15.1 Å². The molecule has 3 rings (SSSR count). The number of nitrogens with two attached hydrogens (primary N) is 1. The van der Waals surface area contributed by atoms with Gasteiger partial charge in [0.2, 0.25) is 17.6 Å². The zero-order chi connectivity index (χ0) is 19.7. The lowest BCUT2D eigenvalue weighted by Gasteiger charge is -2.13. The van der Waals surface area contributed by atoms with Gasteiger partial charge in [-0.1, -0.05) is 23.7 Å². The molecule has 27 heavy (non-hydrogen) atoms. The third-order valence-electron chi connectivity index (χ3n) is 3.96. The first-order valence-electron chi connectivity index (χ1n) is 8.00. The quantitative estimate of drug-likeness (QED) is 0.707. The lowest BCUT2D eigenvalue weighted by Crippen LogP contribution is -2.15.